The number of hydrogen-bond acceptors (Lipinski definition) is 2. The number of nitriles is 1. The van der Waals surface area contributed by atoms with Crippen molar-refractivity contribution in [1.29, 1.82) is 5.26 Å². The summed E-state index contributed by atoms with van der Waals surface area (Å²) < 4.78 is 13.8. The lowest BCUT2D eigenvalue weighted by Crippen LogP contribution is -2.32. The summed E-state index contributed by atoms with van der Waals surface area (Å²) in [6.07, 6.45) is 1.91. The molecule has 0 aromatic heterocycles. The van der Waals surface area contributed by atoms with Gasteiger partial charge in [0.25, 0.3) is 0 Å². The third-order valence-corrected chi connectivity index (χ3v) is 3.99. The van der Waals surface area contributed by atoms with Crippen LogP contribution in [0.2, 0.25) is 0 Å². The summed E-state index contributed by atoms with van der Waals surface area (Å²) in [6, 6.07) is 7.59. The Balaban J connectivity index is 1.93. The molecule has 0 radical (unpaired) electrons. The molecule has 90 valence electrons. The van der Waals surface area contributed by atoms with Crippen molar-refractivity contribution in [3.63, 3.8) is 0 Å². The Bertz CT molecular complexity index is 434. The van der Waals surface area contributed by atoms with Gasteiger partial charge >= 0.3 is 0 Å². The average molecular weight is 344 g/mol. The molecule has 0 saturated carbocycles. The number of benzene rings is 1. The molecule has 0 bridgehead atoms. The predicted molar refractivity (Wildman–Crippen MR) is 72.7 cm³/mol. The molecule has 0 unspecified atom stereocenters. The molecular formula is C13H14FIN2. The lowest BCUT2D eigenvalue weighted by Gasteiger charge is -2.29. The molecule has 1 saturated heterocycles. The second kappa shape index (κ2) is 5.78. The normalized spacial score (nSPS) is 17.9. The van der Waals surface area contributed by atoms with E-state index in [2.05, 4.69) is 11.0 Å². The maximum atomic E-state index is 13.1. The van der Waals surface area contributed by atoms with Crippen LogP contribution in [0.4, 0.5) is 4.39 Å². The van der Waals surface area contributed by atoms with Crippen LogP contribution in [-0.2, 0) is 6.54 Å². The highest BCUT2D eigenvalue weighted by Gasteiger charge is 2.18. The van der Waals surface area contributed by atoms with Crippen molar-refractivity contribution in [2.45, 2.75) is 19.4 Å². The first kappa shape index (κ1) is 12.8. The van der Waals surface area contributed by atoms with Gasteiger partial charge in [0.05, 0.1) is 6.07 Å². The first-order valence-electron chi connectivity index (χ1n) is 5.75. The summed E-state index contributed by atoms with van der Waals surface area (Å²) in [5.41, 5.74) is 1.14. The Morgan fingerprint density at radius 1 is 1.41 bits per heavy atom. The number of halogens is 2. The van der Waals surface area contributed by atoms with Crippen LogP contribution >= 0.6 is 22.6 Å². The Kier molecular flexibility index (Phi) is 4.35. The van der Waals surface area contributed by atoms with Gasteiger partial charge < -0.3 is 0 Å². The molecule has 1 aliphatic heterocycles. The molecule has 17 heavy (non-hydrogen) atoms. The molecule has 2 nitrogen and oxygen atoms in total. The van der Waals surface area contributed by atoms with Crippen molar-refractivity contribution in [3.05, 3.63) is 33.1 Å². The molecule has 0 spiro atoms. The van der Waals surface area contributed by atoms with Crippen LogP contribution in [0, 0.1) is 26.6 Å². The fourth-order valence-electron chi connectivity index (χ4n) is 2.12. The minimum Gasteiger partial charge on any atom is -0.299 e. The van der Waals surface area contributed by atoms with Gasteiger partial charge in [-0.15, -0.1) is 0 Å². The molecule has 0 atom stereocenters. The second-order valence-corrected chi connectivity index (χ2v) is 5.59. The van der Waals surface area contributed by atoms with Crippen LogP contribution < -0.4 is 0 Å². The maximum Gasteiger partial charge on any atom is 0.136 e. The van der Waals surface area contributed by atoms with E-state index in [9.17, 15) is 4.39 Å². The van der Waals surface area contributed by atoms with E-state index >= 15 is 0 Å². The van der Waals surface area contributed by atoms with Crippen molar-refractivity contribution in [2.75, 3.05) is 13.1 Å². The van der Waals surface area contributed by atoms with E-state index in [1.54, 1.807) is 0 Å². The lowest BCUT2D eigenvalue weighted by atomic mass is 9.98. The summed E-state index contributed by atoms with van der Waals surface area (Å²) >= 11 is 2.02. The number of nitrogens with zero attached hydrogens (tertiary/aromatic N) is 2. The predicted octanol–water partition coefficient (Wildman–Crippen LogP) is 3.17. The third-order valence-electron chi connectivity index (χ3n) is 3.16. The van der Waals surface area contributed by atoms with Gasteiger partial charge in [0, 0.05) is 16.0 Å². The van der Waals surface area contributed by atoms with E-state index in [-0.39, 0.29) is 11.7 Å². The Morgan fingerprint density at radius 2 is 2.12 bits per heavy atom. The lowest BCUT2D eigenvalue weighted by molar-refractivity contribution is 0.198. The molecule has 1 aromatic carbocycles. The summed E-state index contributed by atoms with van der Waals surface area (Å²) in [4.78, 5) is 2.33. The van der Waals surface area contributed by atoms with Gasteiger partial charge in [-0.25, -0.2) is 4.39 Å². The molecule has 1 aromatic rings. The van der Waals surface area contributed by atoms with Crippen molar-refractivity contribution >= 4 is 22.6 Å². The molecule has 1 fully saturated rings. The van der Waals surface area contributed by atoms with Gasteiger partial charge in [-0.05, 0) is 66.2 Å². The van der Waals surface area contributed by atoms with E-state index in [4.69, 9.17) is 5.26 Å². The number of piperidine rings is 1. The van der Waals surface area contributed by atoms with E-state index in [1.807, 2.05) is 34.7 Å². The third kappa shape index (κ3) is 3.39. The van der Waals surface area contributed by atoms with Crippen molar-refractivity contribution in [2.24, 2.45) is 5.92 Å². The quantitative estimate of drug-likeness (QED) is 0.771. The van der Waals surface area contributed by atoms with Gasteiger partial charge in [0.1, 0.15) is 5.82 Å². The van der Waals surface area contributed by atoms with Crippen LogP contribution in [0.25, 0.3) is 0 Å². The molecule has 1 aliphatic rings. The number of hydrogen-bond donors (Lipinski definition) is 0. The highest BCUT2D eigenvalue weighted by Crippen LogP contribution is 2.19. The molecular weight excluding hydrogens is 330 g/mol. The van der Waals surface area contributed by atoms with Gasteiger partial charge in [-0.1, -0.05) is 6.07 Å². The minimum absolute atomic E-state index is 0.155. The maximum absolute atomic E-state index is 13.1. The van der Waals surface area contributed by atoms with Crippen molar-refractivity contribution < 1.29 is 4.39 Å². The Morgan fingerprint density at radius 3 is 2.71 bits per heavy atom. The monoisotopic (exact) mass is 344 g/mol. The Labute approximate surface area is 115 Å². The first-order chi connectivity index (χ1) is 8.19. The molecule has 1 heterocycles. The fraction of sp³-hybridized carbons (Fsp3) is 0.462. The van der Waals surface area contributed by atoms with Crippen molar-refractivity contribution in [3.8, 4) is 6.07 Å². The molecule has 0 amide bonds. The van der Waals surface area contributed by atoms with Gasteiger partial charge in [-0.2, -0.15) is 5.26 Å². The fourth-order valence-corrected chi connectivity index (χ4v) is 2.70. The van der Waals surface area contributed by atoms with Crippen LogP contribution in [0.5, 0.6) is 0 Å². The highest BCUT2D eigenvalue weighted by molar-refractivity contribution is 14.1. The smallest absolute Gasteiger partial charge is 0.136 e. The molecule has 2 rings (SSSR count). The van der Waals surface area contributed by atoms with E-state index in [0.29, 0.717) is 3.57 Å². The van der Waals surface area contributed by atoms with Crippen LogP contribution in [0.3, 0.4) is 0 Å². The van der Waals surface area contributed by atoms with Gasteiger partial charge in [0.2, 0.25) is 0 Å². The zero-order chi connectivity index (χ0) is 12.3. The minimum atomic E-state index is -0.155. The molecule has 0 N–H and O–H groups in total. The molecule has 4 heteroatoms. The van der Waals surface area contributed by atoms with Crippen LogP contribution in [0.1, 0.15) is 18.4 Å². The zero-order valence-electron chi connectivity index (χ0n) is 9.50. The zero-order valence-corrected chi connectivity index (χ0v) is 11.7. The number of rotatable bonds is 2. The molecule has 0 aliphatic carbocycles. The van der Waals surface area contributed by atoms with E-state index < -0.39 is 0 Å². The van der Waals surface area contributed by atoms with E-state index in [0.717, 1.165) is 38.0 Å². The van der Waals surface area contributed by atoms with Crippen molar-refractivity contribution in [1.82, 2.24) is 4.90 Å². The standard InChI is InChI=1S/C13H14FIN2/c14-12-2-1-11(7-13(12)15)9-17-5-3-10(8-16)4-6-17/h1-2,7,10H,3-6,9H2. The summed E-state index contributed by atoms with van der Waals surface area (Å²) in [5, 5.41) is 8.82. The van der Waals surface area contributed by atoms with Gasteiger partial charge in [0.15, 0.2) is 0 Å². The second-order valence-electron chi connectivity index (χ2n) is 4.43. The SMILES string of the molecule is N#CC1CCN(Cc2ccc(F)c(I)c2)CC1. The summed E-state index contributed by atoms with van der Waals surface area (Å²) in [7, 11) is 0. The summed E-state index contributed by atoms with van der Waals surface area (Å²) in [5.74, 6) is 0.0668. The summed E-state index contributed by atoms with van der Waals surface area (Å²) in [6.45, 7) is 2.78. The van der Waals surface area contributed by atoms with Crippen LogP contribution in [-0.4, -0.2) is 18.0 Å². The average Bonchev–Trinajstić information content (AvgIpc) is 2.35. The topological polar surface area (TPSA) is 27.0 Å². The highest BCUT2D eigenvalue weighted by atomic mass is 127. The van der Waals surface area contributed by atoms with E-state index in [1.165, 1.54) is 6.07 Å². The van der Waals surface area contributed by atoms with Crippen LogP contribution in [0.15, 0.2) is 18.2 Å². The Hall–Kier alpha value is -0.670. The van der Waals surface area contributed by atoms with Gasteiger partial charge in [-0.3, -0.25) is 4.90 Å². The largest absolute Gasteiger partial charge is 0.299 e. The first-order valence-corrected chi connectivity index (χ1v) is 6.83. The number of likely N-dealkylation sites (tertiary alicyclic amines) is 1.